The van der Waals surface area contributed by atoms with Crippen molar-refractivity contribution in [2.75, 3.05) is 0 Å². The molecule has 4 rings (SSSR count). The van der Waals surface area contributed by atoms with Crippen LogP contribution >= 0.6 is 0 Å². The molecule has 104 valence electrons. The van der Waals surface area contributed by atoms with Crippen molar-refractivity contribution in [3.8, 4) is 0 Å². The molecule has 0 aromatic rings. The van der Waals surface area contributed by atoms with Crippen LogP contribution < -0.4 is 0 Å². The Kier molecular flexibility index (Phi) is 2.71. The number of hydrogen-bond acceptors (Lipinski definition) is 1. The normalized spacial score (nSPS) is 45.4. The van der Waals surface area contributed by atoms with Gasteiger partial charge >= 0.3 is 0 Å². The van der Waals surface area contributed by atoms with E-state index >= 15 is 0 Å². The Morgan fingerprint density at radius 2 is 2.05 bits per heavy atom. The third-order valence-corrected chi connectivity index (χ3v) is 6.58. The molecular weight excluding hydrogens is 232 g/mol. The van der Waals surface area contributed by atoms with E-state index in [0.717, 1.165) is 31.1 Å². The molecule has 1 saturated carbocycles. The quantitative estimate of drug-likeness (QED) is 0.684. The molecule has 1 nitrogen and oxygen atoms in total. The lowest BCUT2D eigenvalue weighted by atomic mass is 9.59. The molecular formula is C18H26O. The van der Waals surface area contributed by atoms with Crippen LogP contribution in [0, 0.1) is 17.3 Å². The summed E-state index contributed by atoms with van der Waals surface area (Å²) in [5.74, 6) is 1.76. The van der Waals surface area contributed by atoms with E-state index in [1.54, 1.807) is 16.7 Å². The smallest absolute Gasteiger partial charge is 0.0583 e. The van der Waals surface area contributed by atoms with Crippen LogP contribution in [0.25, 0.3) is 0 Å². The van der Waals surface area contributed by atoms with Crippen LogP contribution in [0.5, 0.6) is 0 Å². The van der Waals surface area contributed by atoms with E-state index in [1.807, 2.05) is 0 Å². The number of aliphatic hydroxyl groups is 1. The Bertz CT molecular complexity index is 458. The van der Waals surface area contributed by atoms with Crippen LogP contribution in [0.15, 0.2) is 22.8 Å². The molecule has 0 radical (unpaired) electrons. The topological polar surface area (TPSA) is 20.2 Å². The SMILES string of the molecule is C[C@]12CC=C3C4=C(CCC(O)C4)CC[C@H]3[C@@H]1CCC2. The molecule has 1 fully saturated rings. The zero-order valence-corrected chi connectivity index (χ0v) is 12.1. The van der Waals surface area contributed by atoms with E-state index in [1.165, 1.54) is 38.5 Å². The van der Waals surface area contributed by atoms with Crippen molar-refractivity contribution in [1.82, 2.24) is 0 Å². The Balaban J connectivity index is 1.72. The maximum Gasteiger partial charge on any atom is 0.0583 e. The van der Waals surface area contributed by atoms with Gasteiger partial charge in [-0.3, -0.25) is 0 Å². The Morgan fingerprint density at radius 3 is 2.95 bits per heavy atom. The predicted octanol–water partition coefficient (Wildman–Crippen LogP) is 4.37. The van der Waals surface area contributed by atoms with Crippen molar-refractivity contribution in [3.63, 3.8) is 0 Å². The molecule has 0 spiro atoms. The minimum Gasteiger partial charge on any atom is -0.393 e. The van der Waals surface area contributed by atoms with E-state index in [9.17, 15) is 5.11 Å². The fraction of sp³-hybridized carbons (Fsp3) is 0.778. The molecule has 1 heteroatoms. The summed E-state index contributed by atoms with van der Waals surface area (Å²) in [7, 11) is 0. The molecule has 0 saturated heterocycles. The molecule has 1 unspecified atom stereocenters. The molecule has 0 aromatic heterocycles. The maximum absolute atomic E-state index is 10.0. The highest BCUT2D eigenvalue weighted by molar-refractivity contribution is 5.44. The van der Waals surface area contributed by atoms with Crippen LogP contribution in [0.3, 0.4) is 0 Å². The lowest BCUT2D eigenvalue weighted by Crippen LogP contribution is -2.36. The first kappa shape index (κ1) is 12.2. The third-order valence-electron chi connectivity index (χ3n) is 6.58. The third kappa shape index (κ3) is 1.77. The number of fused-ring (bicyclic) bond motifs is 4. The van der Waals surface area contributed by atoms with E-state index in [-0.39, 0.29) is 6.10 Å². The van der Waals surface area contributed by atoms with Crippen molar-refractivity contribution in [2.45, 2.75) is 70.8 Å². The van der Waals surface area contributed by atoms with Gasteiger partial charge in [-0.25, -0.2) is 0 Å². The highest BCUT2D eigenvalue weighted by atomic mass is 16.3. The van der Waals surface area contributed by atoms with E-state index < -0.39 is 0 Å². The molecule has 0 aromatic carbocycles. The van der Waals surface area contributed by atoms with Gasteiger partial charge in [-0.15, -0.1) is 0 Å². The van der Waals surface area contributed by atoms with E-state index in [2.05, 4.69) is 13.0 Å². The standard InChI is InChI=1S/C18H26O/c1-18-9-2-3-17(18)15-7-5-12-4-6-13(19)11-16(12)14(15)8-10-18/h8,13,15,17,19H,2-7,9-11H2,1H3/t13?,15-,17+,18+/m1/s1. The fourth-order valence-corrected chi connectivity index (χ4v) is 5.52. The Labute approximate surface area is 116 Å². The van der Waals surface area contributed by atoms with Crippen LogP contribution in [0.4, 0.5) is 0 Å². The Morgan fingerprint density at radius 1 is 1.21 bits per heavy atom. The summed E-state index contributed by atoms with van der Waals surface area (Å²) in [6.07, 6.45) is 13.9. The van der Waals surface area contributed by atoms with Gasteiger partial charge in [0.1, 0.15) is 0 Å². The minimum atomic E-state index is -0.0738. The number of hydrogen-bond donors (Lipinski definition) is 1. The summed E-state index contributed by atoms with van der Waals surface area (Å²) in [6, 6.07) is 0. The van der Waals surface area contributed by atoms with Gasteiger partial charge in [0.2, 0.25) is 0 Å². The molecule has 4 aliphatic carbocycles. The first-order valence-electron chi connectivity index (χ1n) is 8.27. The van der Waals surface area contributed by atoms with Crippen LogP contribution in [-0.4, -0.2) is 11.2 Å². The summed E-state index contributed by atoms with van der Waals surface area (Å²) in [5, 5.41) is 10.0. The van der Waals surface area contributed by atoms with Gasteiger partial charge in [0.25, 0.3) is 0 Å². The molecule has 4 aliphatic rings. The second kappa shape index (κ2) is 4.22. The molecule has 0 bridgehead atoms. The zero-order chi connectivity index (χ0) is 13.0. The monoisotopic (exact) mass is 258 g/mol. The summed E-state index contributed by atoms with van der Waals surface area (Å²) >= 11 is 0. The summed E-state index contributed by atoms with van der Waals surface area (Å²) in [4.78, 5) is 0. The van der Waals surface area contributed by atoms with Crippen molar-refractivity contribution >= 4 is 0 Å². The van der Waals surface area contributed by atoms with Crippen LogP contribution in [0.2, 0.25) is 0 Å². The van der Waals surface area contributed by atoms with Gasteiger partial charge in [0.05, 0.1) is 6.10 Å². The van der Waals surface area contributed by atoms with Gasteiger partial charge in [0.15, 0.2) is 0 Å². The number of allylic oxidation sites excluding steroid dienone is 3. The van der Waals surface area contributed by atoms with Crippen molar-refractivity contribution < 1.29 is 5.11 Å². The zero-order valence-electron chi connectivity index (χ0n) is 12.1. The average Bonchev–Trinajstić information content (AvgIpc) is 2.80. The van der Waals surface area contributed by atoms with Gasteiger partial charge in [0, 0.05) is 0 Å². The highest BCUT2D eigenvalue weighted by Gasteiger charge is 2.47. The summed E-state index contributed by atoms with van der Waals surface area (Å²) in [5.41, 5.74) is 5.54. The largest absolute Gasteiger partial charge is 0.393 e. The second-order valence-corrected chi connectivity index (χ2v) is 7.64. The van der Waals surface area contributed by atoms with Crippen molar-refractivity contribution in [2.24, 2.45) is 17.3 Å². The second-order valence-electron chi connectivity index (χ2n) is 7.64. The van der Waals surface area contributed by atoms with Crippen LogP contribution in [0.1, 0.15) is 64.7 Å². The van der Waals surface area contributed by atoms with Gasteiger partial charge in [-0.1, -0.05) is 25.0 Å². The molecule has 1 N–H and O–H groups in total. The summed E-state index contributed by atoms with van der Waals surface area (Å²) < 4.78 is 0. The Hall–Kier alpha value is -0.560. The maximum atomic E-state index is 10.0. The molecule has 0 amide bonds. The summed E-state index contributed by atoms with van der Waals surface area (Å²) in [6.45, 7) is 2.53. The van der Waals surface area contributed by atoms with Gasteiger partial charge < -0.3 is 5.11 Å². The van der Waals surface area contributed by atoms with E-state index in [0.29, 0.717) is 5.41 Å². The first-order chi connectivity index (χ1) is 9.17. The molecule has 19 heavy (non-hydrogen) atoms. The van der Waals surface area contributed by atoms with Crippen molar-refractivity contribution in [3.05, 3.63) is 22.8 Å². The lowest BCUT2D eigenvalue weighted by molar-refractivity contribution is 0.136. The molecule has 0 heterocycles. The number of aliphatic hydroxyl groups excluding tert-OH is 1. The first-order valence-corrected chi connectivity index (χ1v) is 8.27. The average molecular weight is 258 g/mol. The van der Waals surface area contributed by atoms with Crippen molar-refractivity contribution in [1.29, 1.82) is 0 Å². The van der Waals surface area contributed by atoms with Gasteiger partial charge in [-0.05, 0) is 79.8 Å². The fourth-order valence-electron chi connectivity index (χ4n) is 5.52. The number of rotatable bonds is 0. The molecule has 0 aliphatic heterocycles. The van der Waals surface area contributed by atoms with Gasteiger partial charge in [-0.2, -0.15) is 0 Å². The van der Waals surface area contributed by atoms with Crippen LogP contribution in [-0.2, 0) is 0 Å². The molecule has 4 atom stereocenters. The van der Waals surface area contributed by atoms with E-state index in [4.69, 9.17) is 0 Å². The highest BCUT2D eigenvalue weighted by Crippen LogP contribution is 2.58. The predicted molar refractivity (Wildman–Crippen MR) is 77.8 cm³/mol. The minimum absolute atomic E-state index is 0.0738. The lowest BCUT2D eigenvalue weighted by Gasteiger charge is -2.46.